The van der Waals surface area contributed by atoms with Crippen LogP contribution in [0.4, 0.5) is 0 Å². The normalized spacial score (nSPS) is 13.9. The van der Waals surface area contributed by atoms with Gasteiger partial charge in [0.2, 0.25) is 0 Å². The minimum Gasteiger partial charge on any atom is -0.354 e. The monoisotopic (exact) mass is 1060 g/mol. The van der Waals surface area contributed by atoms with E-state index in [9.17, 15) is 0 Å². The van der Waals surface area contributed by atoms with Crippen molar-refractivity contribution in [2.45, 2.75) is 209 Å². The summed E-state index contributed by atoms with van der Waals surface area (Å²) in [6.07, 6.45) is 9.11. The van der Waals surface area contributed by atoms with Gasteiger partial charge in [0, 0.05) is 44.3 Å². The molecule has 9 rings (SSSR count). The van der Waals surface area contributed by atoms with E-state index >= 15 is 0 Å². The Kier molecular flexibility index (Phi) is 14.2. The molecule has 4 nitrogen and oxygen atoms in total. The molecule has 5 heterocycles. The summed E-state index contributed by atoms with van der Waals surface area (Å²) in [5.74, 6) is 0. The van der Waals surface area contributed by atoms with E-state index in [0.717, 1.165) is 67.1 Å². The standard InChI is InChI=1S/C76H94N4/c1-69(2,3)45-25-29-53(73(13,14)15)49(41-45)65-57-33-35-59(77-57)66(50-42-46(70(4,5)6)26-30-54(50)74(16,17)18)61-37-39-63(79-61)68(52-44-48(72(10,11)12)28-32-56(52)76(22,23)24)64-40-38-62(80-64)67(60-36-34-58(65)78-60)51-43-47(71(7,8)9)27-31-55(51)75(19,20)21/h25-44,77,80H,1-24H3. The second-order valence-electron chi connectivity index (χ2n) is 31.5. The van der Waals surface area contributed by atoms with Gasteiger partial charge in [0.1, 0.15) is 0 Å². The van der Waals surface area contributed by atoms with Crippen LogP contribution < -0.4 is 0 Å². The van der Waals surface area contributed by atoms with Gasteiger partial charge in [-0.25, -0.2) is 9.97 Å². The van der Waals surface area contributed by atoms with Gasteiger partial charge in [0.05, 0.1) is 22.8 Å². The fourth-order valence-electron chi connectivity index (χ4n) is 11.8. The lowest BCUT2D eigenvalue weighted by atomic mass is 9.77. The molecule has 2 N–H and O–H groups in total. The zero-order valence-electron chi connectivity index (χ0n) is 53.4. The fraction of sp³-hybridized carbons (Fsp3) is 0.421. The molecule has 4 heteroatoms. The molecule has 0 atom stereocenters. The maximum absolute atomic E-state index is 5.95. The molecule has 0 saturated heterocycles. The molecule has 418 valence electrons. The summed E-state index contributed by atoms with van der Waals surface area (Å²) in [5.41, 5.74) is 25.9. The van der Waals surface area contributed by atoms with Gasteiger partial charge in [-0.05, 0) is 159 Å². The summed E-state index contributed by atoms with van der Waals surface area (Å²) in [7, 11) is 0. The first kappa shape index (κ1) is 58.1. The quantitative estimate of drug-likeness (QED) is 0.185. The second-order valence-corrected chi connectivity index (χ2v) is 31.5. The highest BCUT2D eigenvalue weighted by molar-refractivity contribution is 6.01. The predicted octanol–water partition coefficient (Wildman–Crippen LogP) is 21.7. The summed E-state index contributed by atoms with van der Waals surface area (Å²) in [6.45, 7) is 55.8. The largest absolute Gasteiger partial charge is 0.354 e. The highest BCUT2D eigenvalue weighted by Gasteiger charge is 2.31. The Bertz CT molecular complexity index is 3320. The van der Waals surface area contributed by atoms with E-state index in [1.54, 1.807) is 0 Å². The first-order valence-electron chi connectivity index (χ1n) is 29.5. The van der Waals surface area contributed by atoms with Crippen LogP contribution in [0.15, 0.2) is 97.1 Å². The molecule has 4 aromatic carbocycles. The van der Waals surface area contributed by atoms with Crippen LogP contribution in [0.3, 0.4) is 0 Å². The van der Waals surface area contributed by atoms with Gasteiger partial charge in [-0.3, -0.25) is 0 Å². The number of aromatic amines is 2. The minimum atomic E-state index is -0.179. The van der Waals surface area contributed by atoms with Crippen LogP contribution in [-0.4, -0.2) is 19.9 Å². The van der Waals surface area contributed by atoms with Crippen LogP contribution >= 0.6 is 0 Å². The Morgan fingerprint density at radius 2 is 0.425 bits per heavy atom. The maximum atomic E-state index is 5.95. The van der Waals surface area contributed by atoms with Gasteiger partial charge < -0.3 is 9.97 Å². The maximum Gasteiger partial charge on any atom is 0.0737 e. The number of fused-ring (bicyclic) bond motifs is 8. The van der Waals surface area contributed by atoms with Gasteiger partial charge in [-0.15, -0.1) is 0 Å². The first-order valence-corrected chi connectivity index (χ1v) is 29.5. The molecule has 0 fully saturated rings. The van der Waals surface area contributed by atoms with E-state index in [1.807, 2.05) is 0 Å². The first-order chi connectivity index (χ1) is 36.7. The number of nitrogens with one attached hydrogen (secondary N) is 2. The molecule has 8 bridgehead atoms. The molecule has 0 unspecified atom stereocenters. The minimum absolute atomic E-state index is 0.0929. The van der Waals surface area contributed by atoms with Gasteiger partial charge in [0.25, 0.3) is 0 Å². The molecule has 7 aromatic rings. The van der Waals surface area contributed by atoms with E-state index in [2.05, 4.69) is 298 Å². The molecule has 2 aliphatic heterocycles. The number of benzene rings is 4. The molecular formula is C76H94N4. The third-order valence-electron chi connectivity index (χ3n) is 16.6. The lowest BCUT2D eigenvalue weighted by molar-refractivity contribution is 0.578. The Morgan fingerprint density at radius 3 is 0.588 bits per heavy atom. The van der Waals surface area contributed by atoms with Crippen molar-refractivity contribution in [1.82, 2.24) is 19.9 Å². The van der Waals surface area contributed by atoms with Crippen molar-refractivity contribution in [2.24, 2.45) is 0 Å². The number of H-pyrrole nitrogens is 2. The number of nitrogens with zero attached hydrogens (tertiary/aromatic N) is 2. The van der Waals surface area contributed by atoms with Crippen LogP contribution in [0.5, 0.6) is 0 Å². The van der Waals surface area contributed by atoms with Crippen molar-refractivity contribution in [3.05, 3.63) is 164 Å². The average molecular weight is 1060 g/mol. The topological polar surface area (TPSA) is 57.4 Å². The van der Waals surface area contributed by atoms with Crippen molar-refractivity contribution in [1.29, 1.82) is 0 Å². The van der Waals surface area contributed by atoms with E-state index in [-0.39, 0.29) is 43.3 Å². The third-order valence-corrected chi connectivity index (χ3v) is 16.6. The Morgan fingerprint density at radius 1 is 0.237 bits per heavy atom. The fourth-order valence-corrected chi connectivity index (χ4v) is 11.8. The van der Waals surface area contributed by atoms with Crippen molar-refractivity contribution >= 4 is 46.4 Å². The Labute approximate surface area is 482 Å². The molecule has 80 heavy (non-hydrogen) atoms. The SMILES string of the molecule is CC(C)(C)c1ccc(C(C)(C)C)c(-c2c3nc(c(-c4cc(C(C)(C)C)ccc4C(C)(C)C)c4ccc([nH]4)c(-c4cc(C(C)(C)C)ccc4C(C)(C)C)c4nc(c(-c5cc(C(C)(C)C)ccc5C(C)(C)C)c5ccc2[nH]5)C=C4)C=C3)c1. The highest BCUT2D eigenvalue weighted by Crippen LogP contribution is 2.47. The van der Waals surface area contributed by atoms with Crippen molar-refractivity contribution in [3.63, 3.8) is 0 Å². The molecule has 0 radical (unpaired) electrons. The summed E-state index contributed by atoms with van der Waals surface area (Å²) in [5, 5.41) is 0. The highest BCUT2D eigenvalue weighted by atomic mass is 14.8. The molecule has 2 aliphatic rings. The molecule has 0 saturated carbocycles. The Hall–Kier alpha value is -6.52. The van der Waals surface area contributed by atoms with Gasteiger partial charge in [-0.2, -0.15) is 0 Å². The van der Waals surface area contributed by atoms with E-state index in [4.69, 9.17) is 9.97 Å². The van der Waals surface area contributed by atoms with E-state index in [1.165, 1.54) is 66.8 Å². The van der Waals surface area contributed by atoms with E-state index < -0.39 is 0 Å². The molecule has 0 amide bonds. The third kappa shape index (κ3) is 11.3. The smallest absolute Gasteiger partial charge is 0.0737 e. The summed E-state index contributed by atoms with van der Waals surface area (Å²) < 4.78 is 0. The predicted molar refractivity (Wildman–Crippen MR) is 350 cm³/mol. The number of hydrogen-bond acceptors (Lipinski definition) is 2. The van der Waals surface area contributed by atoms with Crippen LogP contribution in [0, 0.1) is 0 Å². The van der Waals surface area contributed by atoms with Crippen molar-refractivity contribution in [3.8, 4) is 44.5 Å². The average Bonchev–Trinajstić information content (AvgIpc) is 4.17. The number of aromatic nitrogens is 4. The lowest BCUT2D eigenvalue weighted by Gasteiger charge is -2.28. The van der Waals surface area contributed by atoms with E-state index in [0.29, 0.717) is 0 Å². The van der Waals surface area contributed by atoms with Gasteiger partial charge in [0.15, 0.2) is 0 Å². The van der Waals surface area contributed by atoms with Gasteiger partial charge >= 0.3 is 0 Å². The van der Waals surface area contributed by atoms with Crippen LogP contribution in [0.1, 0.15) is 233 Å². The second kappa shape index (κ2) is 19.6. The number of hydrogen-bond donors (Lipinski definition) is 2. The van der Waals surface area contributed by atoms with Crippen molar-refractivity contribution in [2.75, 3.05) is 0 Å². The van der Waals surface area contributed by atoms with Crippen molar-refractivity contribution < 1.29 is 0 Å². The molecule has 0 spiro atoms. The summed E-state index contributed by atoms with van der Waals surface area (Å²) >= 11 is 0. The Balaban J connectivity index is 1.61. The van der Waals surface area contributed by atoms with Gasteiger partial charge in [-0.1, -0.05) is 239 Å². The summed E-state index contributed by atoms with van der Waals surface area (Å²) in [4.78, 5) is 20.3. The number of rotatable bonds is 4. The molecular weight excluding hydrogens is 969 g/mol. The molecule has 0 aliphatic carbocycles. The van der Waals surface area contributed by atoms with Crippen LogP contribution in [0.25, 0.3) is 90.9 Å². The lowest BCUT2D eigenvalue weighted by Crippen LogP contribution is -2.16. The van der Waals surface area contributed by atoms with Crippen LogP contribution in [0.2, 0.25) is 0 Å². The molecule has 3 aromatic heterocycles. The summed E-state index contributed by atoms with van der Waals surface area (Å²) in [6, 6.07) is 37.9. The zero-order chi connectivity index (χ0) is 58.8. The zero-order valence-corrected chi connectivity index (χ0v) is 53.4. The van der Waals surface area contributed by atoms with Crippen LogP contribution in [-0.2, 0) is 43.3 Å².